The minimum atomic E-state index is -4.52. The molecule has 38 heavy (non-hydrogen) atoms. The van der Waals surface area contributed by atoms with Crippen LogP contribution in [0, 0.1) is 11.6 Å². The third-order valence-electron chi connectivity index (χ3n) is 6.00. The molecule has 0 bridgehead atoms. The number of carbonyl (C=O) groups excluding carboxylic acids is 1. The fourth-order valence-corrected chi connectivity index (χ4v) is 5.65. The van der Waals surface area contributed by atoms with Crippen molar-refractivity contribution in [2.75, 3.05) is 0 Å². The van der Waals surface area contributed by atoms with Crippen molar-refractivity contribution in [3.05, 3.63) is 94.5 Å². The number of carbonyl (C=O) groups is 2. The van der Waals surface area contributed by atoms with Crippen LogP contribution in [0.5, 0.6) is 5.75 Å². The van der Waals surface area contributed by atoms with Gasteiger partial charge in [0.25, 0.3) is 0 Å². The molecular weight excluding hydrogens is 546 g/mol. The fourth-order valence-electron chi connectivity index (χ4n) is 4.06. The molecule has 3 unspecified atom stereocenters. The van der Waals surface area contributed by atoms with Gasteiger partial charge in [0.05, 0.1) is 16.0 Å². The number of rotatable bonds is 9. The van der Waals surface area contributed by atoms with Crippen molar-refractivity contribution in [1.82, 2.24) is 4.72 Å². The van der Waals surface area contributed by atoms with Crippen LogP contribution in [0.15, 0.2) is 71.6 Å². The Labute approximate surface area is 221 Å². The van der Waals surface area contributed by atoms with Crippen LogP contribution in [-0.4, -0.2) is 37.0 Å². The van der Waals surface area contributed by atoms with Gasteiger partial charge < -0.3 is 20.3 Å². The molecule has 3 atom stereocenters. The third-order valence-corrected chi connectivity index (χ3v) is 7.87. The van der Waals surface area contributed by atoms with Crippen LogP contribution >= 0.6 is 11.6 Å². The van der Waals surface area contributed by atoms with Gasteiger partial charge in [-0.15, -0.1) is 0 Å². The SMILES string of the molecule is NC(=O)C1OC(c2ccc(F)cc2)CC1(NS(=O)(=O)c1ccc(OCc2ccc(F)cc2Cl)cc1)C(=O)O. The summed E-state index contributed by atoms with van der Waals surface area (Å²) in [5.41, 5.74) is 3.79. The summed E-state index contributed by atoms with van der Waals surface area (Å²) in [7, 11) is -4.52. The summed E-state index contributed by atoms with van der Waals surface area (Å²) in [6, 6.07) is 13.7. The molecule has 0 saturated carbocycles. The molecule has 4 rings (SSSR count). The summed E-state index contributed by atoms with van der Waals surface area (Å²) >= 11 is 5.98. The number of carboxylic acid groups (broad SMARTS) is 1. The molecule has 1 saturated heterocycles. The maximum absolute atomic E-state index is 13.3. The lowest BCUT2D eigenvalue weighted by Gasteiger charge is -2.28. The largest absolute Gasteiger partial charge is 0.489 e. The van der Waals surface area contributed by atoms with Crippen LogP contribution in [0.1, 0.15) is 23.7 Å². The topological polar surface area (TPSA) is 145 Å². The quantitative estimate of drug-likeness (QED) is 0.360. The number of primary amides is 1. The molecule has 13 heteroatoms. The lowest BCUT2D eigenvalue weighted by Crippen LogP contribution is -2.62. The Kier molecular flexibility index (Phi) is 7.70. The maximum Gasteiger partial charge on any atom is 0.328 e. The van der Waals surface area contributed by atoms with Gasteiger partial charge in [-0.1, -0.05) is 29.8 Å². The number of amides is 1. The van der Waals surface area contributed by atoms with Gasteiger partial charge in [0.1, 0.15) is 24.0 Å². The highest BCUT2D eigenvalue weighted by atomic mass is 35.5. The highest BCUT2D eigenvalue weighted by Gasteiger charge is 2.59. The summed E-state index contributed by atoms with van der Waals surface area (Å²) in [5, 5.41) is 10.2. The molecule has 1 heterocycles. The molecule has 9 nitrogen and oxygen atoms in total. The first-order valence-corrected chi connectivity index (χ1v) is 12.9. The van der Waals surface area contributed by atoms with Gasteiger partial charge in [-0.3, -0.25) is 9.59 Å². The number of benzene rings is 3. The van der Waals surface area contributed by atoms with E-state index in [0.29, 0.717) is 11.1 Å². The number of hydrogen-bond donors (Lipinski definition) is 3. The van der Waals surface area contributed by atoms with Crippen molar-refractivity contribution in [1.29, 1.82) is 0 Å². The molecule has 200 valence electrons. The first kappa shape index (κ1) is 27.5. The molecule has 1 aliphatic rings. The Bertz CT molecular complexity index is 1470. The van der Waals surface area contributed by atoms with E-state index in [9.17, 15) is 31.9 Å². The predicted octanol–water partition coefficient (Wildman–Crippen LogP) is 3.31. The zero-order chi connectivity index (χ0) is 27.7. The normalized spacial score (nSPS) is 21.2. The zero-order valence-electron chi connectivity index (χ0n) is 19.4. The van der Waals surface area contributed by atoms with Crippen molar-refractivity contribution < 1.29 is 41.4 Å². The summed E-state index contributed by atoms with van der Waals surface area (Å²) < 4.78 is 66.2. The van der Waals surface area contributed by atoms with Crippen LogP contribution in [0.2, 0.25) is 5.02 Å². The average Bonchev–Trinajstić information content (AvgIpc) is 3.24. The van der Waals surface area contributed by atoms with Crippen LogP contribution in [-0.2, 0) is 31.0 Å². The second-order valence-corrected chi connectivity index (χ2v) is 10.6. The van der Waals surface area contributed by atoms with Gasteiger partial charge in [0.2, 0.25) is 15.9 Å². The average molecular weight is 567 g/mol. The Hall–Kier alpha value is -3.58. The van der Waals surface area contributed by atoms with Crippen LogP contribution in [0.25, 0.3) is 0 Å². The standard InChI is InChI=1S/C25H21ClF2N2O7S/c26-20-11-17(28)6-3-15(20)13-36-18-7-9-19(10-8-18)38(34,35)30-25(24(32)33)12-21(37-22(25)23(29)31)14-1-4-16(27)5-2-14/h1-11,21-22,30H,12-13H2,(H2,29,31)(H,32,33). The predicted molar refractivity (Wildman–Crippen MR) is 131 cm³/mol. The minimum absolute atomic E-state index is 0.0199. The number of aliphatic carboxylic acids is 1. The Morgan fingerprint density at radius 1 is 1.08 bits per heavy atom. The number of carboxylic acids is 1. The Balaban J connectivity index is 1.55. The lowest BCUT2D eigenvalue weighted by molar-refractivity contribution is -0.150. The number of nitrogens with one attached hydrogen (secondary N) is 1. The van der Waals surface area contributed by atoms with E-state index in [1.165, 1.54) is 48.5 Å². The number of sulfonamides is 1. The number of halogens is 3. The van der Waals surface area contributed by atoms with E-state index in [2.05, 4.69) is 4.72 Å². The molecule has 1 aliphatic heterocycles. The molecule has 3 aromatic carbocycles. The Morgan fingerprint density at radius 2 is 1.71 bits per heavy atom. The molecule has 3 aromatic rings. The van der Waals surface area contributed by atoms with Crippen molar-refractivity contribution in [3.8, 4) is 5.75 Å². The number of ether oxygens (including phenoxy) is 2. The Morgan fingerprint density at radius 3 is 2.29 bits per heavy atom. The first-order chi connectivity index (χ1) is 17.9. The summed E-state index contributed by atoms with van der Waals surface area (Å²) in [6.45, 7) is -0.0199. The molecule has 1 fully saturated rings. The van der Waals surface area contributed by atoms with Gasteiger partial charge in [-0.25, -0.2) is 17.2 Å². The monoisotopic (exact) mass is 566 g/mol. The number of hydrogen-bond acceptors (Lipinski definition) is 6. The lowest BCUT2D eigenvalue weighted by atomic mass is 9.88. The molecular formula is C25H21ClF2N2O7S. The summed E-state index contributed by atoms with van der Waals surface area (Å²) in [6.07, 6.45) is -3.39. The van der Waals surface area contributed by atoms with Crippen molar-refractivity contribution in [2.45, 2.75) is 35.7 Å². The highest BCUT2D eigenvalue weighted by Crippen LogP contribution is 2.41. The van der Waals surface area contributed by atoms with E-state index >= 15 is 0 Å². The van der Waals surface area contributed by atoms with E-state index < -0.39 is 57.7 Å². The van der Waals surface area contributed by atoms with Gasteiger partial charge in [0, 0.05) is 12.0 Å². The maximum atomic E-state index is 13.3. The van der Waals surface area contributed by atoms with E-state index in [-0.39, 0.29) is 22.3 Å². The van der Waals surface area contributed by atoms with Gasteiger partial charge in [-0.05, 0) is 54.1 Å². The molecule has 0 aliphatic carbocycles. The fraction of sp³-hybridized carbons (Fsp3) is 0.200. The second kappa shape index (κ2) is 10.7. The second-order valence-electron chi connectivity index (χ2n) is 8.54. The smallest absolute Gasteiger partial charge is 0.328 e. The molecule has 0 aromatic heterocycles. The van der Waals surface area contributed by atoms with Gasteiger partial charge >= 0.3 is 5.97 Å². The van der Waals surface area contributed by atoms with Crippen LogP contribution in [0.3, 0.4) is 0 Å². The molecule has 0 radical (unpaired) electrons. The minimum Gasteiger partial charge on any atom is -0.489 e. The molecule has 4 N–H and O–H groups in total. The van der Waals surface area contributed by atoms with E-state index in [1.54, 1.807) is 0 Å². The molecule has 0 spiro atoms. The highest BCUT2D eigenvalue weighted by molar-refractivity contribution is 7.89. The summed E-state index contributed by atoms with van der Waals surface area (Å²) in [5.74, 6) is -3.66. The van der Waals surface area contributed by atoms with Gasteiger partial charge in [-0.2, -0.15) is 4.72 Å². The van der Waals surface area contributed by atoms with Gasteiger partial charge in [0.15, 0.2) is 11.6 Å². The summed E-state index contributed by atoms with van der Waals surface area (Å²) in [4.78, 5) is 24.2. The van der Waals surface area contributed by atoms with Crippen molar-refractivity contribution >= 4 is 33.5 Å². The molecule has 1 amide bonds. The van der Waals surface area contributed by atoms with E-state index in [1.807, 2.05) is 0 Å². The van der Waals surface area contributed by atoms with Crippen LogP contribution in [0.4, 0.5) is 8.78 Å². The van der Waals surface area contributed by atoms with E-state index in [0.717, 1.165) is 18.2 Å². The number of nitrogens with two attached hydrogens (primary N) is 1. The third kappa shape index (κ3) is 5.63. The first-order valence-electron chi connectivity index (χ1n) is 11.1. The van der Waals surface area contributed by atoms with Crippen molar-refractivity contribution in [3.63, 3.8) is 0 Å². The van der Waals surface area contributed by atoms with Crippen molar-refractivity contribution in [2.24, 2.45) is 5.73 Å². The zero-order valence-corrected chi connectivity index (χ0v) is 21.0. The van der Waals surface area contributed by atoms with Crippen LogP contribution < -0.4 is 15.2 Å². The van der Waals surface area contributed by atoms with E-state index in [4.69, 9.17) is 26.8 Å².